The van der Waals surface area contributed by atoms with Gasteiger partial charge >= 0.3 is 0 Å². The van der Waals surface area contributed by atoms with Gasteiger partial charge in [-0.1, -0.05) is 23.6 Å². The summed E-state index contributed by atoms with van der Waals surface area (Å²) in [7, 11) is 0. The van der Waals surface area contributed by atoms with E-state index in [-0.39, 0.29) is 31.3 Å². The lowest BCUT2D eigenvalue weighted by Gasteiger charge is -2.10. The lowest BCUT2D eigenvalue weighted by Crippen LogP contribution is -2.20. The van der Waals surface area contributed by atoms with Gasteiger partial charge in [-0.15, -0.1) is 6.42 Å². The van der Waals surface area contributed by atoms with Crippen LogP contribution in [0.5, 0.6) is 11.5 Å². The molecule has 0 aliphatic rings. The second-order valence-electron chi connectivity index (χ2n) is 6.34. The van der Waals surface area contributed by atoms with Crippen molar-refractivity contribution in [3.8, 4) is 23.8 Å². The predicted molar refractivity (Wildman–Crippen MR) is 117 cm³/mol. The number of amides is 2. The molecule has 7 nitrogen and oxygen atoms in total. The highest BCUT2D eigenvalue weighted by Gasteiger charge is 2.08. The number of nitrogens with one attached hydrogen (secondary N) is 2. The van der Waals surface area contributed by atoms with E-state index in [1.54, 1.807) is 18.2 Å². The van der Waals surface area contributed by atoms with E-state index >= 15 is 0 Å². The molecule has 0 aromatic heterocycles. The molecule has 156 valence electrons. The molecule has 2 N–H and O–H groups in total. The monoisotopic (exact) mass is 407 g/mol. The van der Waals surface area contributed by atoms with Gasteiger partial charge in [-0.2, -0.15) is 5.10 Å². The van der Waals surface area contributed by atoms with Crippen molar-refractivity contribution < 1.29 is 19.1 Å². The Morgan fingerprint density at radius 1 is 1.07 bits per heavy atom. The molecule has 0 fully saturated rings. The molecule has 2 aromatic carbocycles. The summed E-state index contributed by atoms with van der Waals surface area (Å²) in [5.41, 5.74) is 4.92. The molecule has 2 amide bonds. The number of hydrogen-bond donors (Lipinski definition) is 2. The van der Waals surface area contributed by atoms with Crippen LogP contribution in [0.2, 0.25) is 0 Å². The molecule has 0 heterocycles. The van der Waals surface area contributed by atoms with Gasteiger partial charge in [-0.05, 0) is 49.7 Å². The maximum atomic E-state index is 11.9. The van der Waals surface area contributed by atoms with E-state index in [1.165, 1.54) is 6.21 Å². The van der Waals surface area contributed by atoms with Gasteiger partial charge in [0.1, 0.15) is 6.61 Å². The molecule has 0 saturated heterocycles. The summed E-state index contributed by atoms with van der Waals surface area (Å²) in [6, 6.07) is 12.7. The fourth-order valence-corrected chi connectivity index (χ4v) is 2.43. The summed E-state index contributed by atoms with van der Waals surface area (Å²) in [5, 5.41) is 6.67. The van der Waals surface area contributed by atoms with Crippen molar-refractivity contribution in [3.05, 3.63) is 53.6 Å². The van der Waals surface area contributed by atoms with Crippen LogP contribution in [0.4, 0.5) is 5.69 Å². The first kappa shape index (κ1) is 22.5. The number of hydrogen-bond acceptors (Lipinski definition) is 5. The van der Waals surface area contributed by atoms with E-state index in [9.17, 15) is 9.59 Å². The van der Waals surface area contributed by atoms with Gasteiger partial charge in [0, 0.05) is 18.5 Å². The third kappa shape index (κ3) is 7.68. The van der Waals surface area contributed by atoms with Crippen LogP contribution in [0.3, 0.4) is 0 Å². The van der Waals surface area contributed by atoms with Crippen molar-refractivity contribution in [1.29, 1.82) is 0 Å². The van der Waals surface area contributed by atoms with E-state index in [0.717, 1.165) is 5.56 Å². The molecule has 2 aromatic rings. The van der Waals surface area contributed by atoms with Crippen molar-refractivity contribution in [3.63, 3.8) is 0 Å². The van der Waals surface area contributed by atoms with Crippen molar-refractivity contribution >= 4 is 23.7 Å². The zero-order chi connectivity index (χ0) is 21.8. The number of anilines is 1. The van der Waals surface area contributed by atoms with Gasteiger partial charge in [0.2, 0.25) is 11.8 Å². The minimum Gasteiger partial charge on any atom is -0.490 e. The predicted octanol–water partition coefficient (Wildman–Crippen LogP) is 3.27. The zero-order valence-corrected chi connectivity index (χ0v) is 17.1. The number of terminal acetylenes is 1. The molecular weight excluding hydrogens is 382 g/mol. The van der Waals surface area contributed by atoms with Gasteiger partial charge in [0.25, 0.3) is 0 Å². The second-order valence-corrected chi connectivity index (χ2v) is 6.34. The molecule has 0 atom stereocenters. The van der Waals surface area contributed by atoms with Crippen molar-refractivity contribution in [1.82, 2.24) is 5.43 Å². The van der Waals surface area contributed by atoms with Crippen molar-refractivity contribution in [2.45, 2.75) is 26.7 Å². The third-order valence-corrected chi connectivity index (χ3v) is 3.90. The van der Waals surface area contributed by atoms with E-state index in [2.05, 4.69) is 21.8 Å². The standard InChI is InChI=1S/C23H25N3O4/c1-4-14-30-20-11-8-18(15-21(20)29-5-2)16-24-26-23(28)13-12-22(27)25-19-9-6-17(3)7-10-19/h1,6-11,15-16H,5,12-14H2,2-3H3,(H,25,27)(H,26,28). The topological polar surface area (TPSA) is 89.0 Å². The average Bonchev–Trinajstić information content (AvgIpc) is 2.73. The number of carbonyl (C=O) groups is 2. The summed E-state index contributed by atoms with van der Waals surface area (Å²) in [6.45, 7) is 4.44. The Balaban J connectivity index is 1.82. The number of carbonyl (C=O) groups excluding carboxylic acids is 2. The van der Waals surface area contributed by atoms with Crippen LogP contribution in [0.1, 0.15) is 30.9 Å². The Kier molecular flexibility index (Phi) is 8.94. The number of rotatable bonds is 10. The molecule has 0 unspecified atom stereocenters. The fraction of sp³-hybridized carbons (Fsp3) is 0.261. The molecule has 0 bridgehead atoms. The van der Waals surface area contributed by atoms with Gasteiger partial charge in [0.05, 0.1) is 12.8 Å². The van der Waals surface area contributed by atoms with Crippen LogP contribution in [0.15, 0.2) is 47.6 Å². The smallest absolute Gasteiger partial charge is 0.240 e. The molecule has 30 heavy (non-hydrogen) atoms. The van der Waals surface area contributed by atoms with E-state index < -0.39 is 0 Å². The highest BCUT2D eigenvalue weighted by molar-refractivity contribution is 5.93. The molecule has 0 spiro atoms. The van der Waals surface area contributed by atoms with Gasteiger partial charge in [-0.3, -0.25) is 9.59 Å². The van der Waals surface area contributed by atoms with Crippen LogP contribution in [-0.4, -0.2) is 31.2 Å². The minimum absolute atomic E-state index is 0.0259. The van der Waals surface area contributed by atoms with E-state index in [0.29, 0.717) is 29.4 Å². The molecule has 0 radical (unpaired) electrons. The quantitative estimate of drug-likeness (QED) is 0.359. The van der Waals surface area contributed by atoms with Crippen LogP contribution in [0, 0.1) is 19.3 Å². The first-order chi connectivity index (χ1) is 14.5. The first-order valence-corrected chi connectivity index (χ1v) is 9.53. The largest absolute Gasteiger partial charge is 0.490 e. The van der Waals surface area contributed by atoms with E-state index in [4.69, 9.17) is 15.9 Å². The Hall–Kier alpha value is -3.79. The van der Waals surface area contributed by atoms with Crippen molar-refractivity contribution in [2.24, 2.45) is 5.10 Å². The number of ether oxygens (including phenoxy) is 2. The highest BCUT2D eigenvalue weighted by Crippen LogP contribution is 2.27. The fourth-order valence-electron chi connectivity index (χ4n) is 2.43. The zero-order valence-electron chi connectivity index (χ0n) is 17.1. The molecule has 0 aliphatic heterocycles. The number of hydrazone groups is 1. The molecule has 7 heteroatoms. The Bertz CT molecular complexity index is 930. The van der Waals surface area contributed by atoms with Crippen molar-refractivity contribution in [2.75, 3.05) is 18.5 Å². The SMILES string of the molecule is C#CCOc1ccc(C=NNC(=O)CCC(=O)Nc2ccc(C)cc2)cc1OCC. The summed E-state index contributed by atoms with van der Waals surface area (Å²) in [6.07, 6.45) is 6.78. The first-order valence-electron chi connectivity index (χ1n) is 9.53. The number of nitrogens with zero attached hydrogens (tertiary/aromatic N) is 1. The highest BCUT2D eigenvalue weighted by atomic mass is 16.5. The Morgan fingerprint density at radius 3 is 2.50 bits per heavy atom. The molecule has 2 rings (SSSR count). The normalized spacial score (nSPS) is 10.3. The van der Waals surface area contributed by atoms with E-state index in [1.807, 2.05) is 38.1 Å². The minimum atomic E-state index is -0.357. The summed E-state index contributed by atoms with van der Waals surface area (Å²) >= 11 is 0. The van der Waals surface area contributed by atoms with Gasteiger partial charge < -0.3 is 14.8 Å². The van der Waals surface area contributed by atoms with Crippen LogP contribution in [-0.2, 0) is 9.59 Å². The molecular formula is C23H25N3O4. The Labute approximate surface area is 176 Å². The Morgan fingerprint density at radius 2 is 1.80 bits per heavy atom. The average molecular weight is 407 g/mol. The third-order valence-electron chi connectivity index (χ3n) is 3.90. The van der Waals surface area contributed by atoms with Gasteiger partial charge in [-0.25, -0.2) is 5.43 Å². The van der Waals surface area contributed by atoms with Crippen LogP contribution >= 0.6 is 0 Å². The summed E-state index contributed by atoms with van der Waals surface area (Å²) in [5.74, 6) is 2.89. The lowest BCUT2D eigenvalue weighted by atomic mass is 10.2. The van der Waals surface area contributed by atoms with Gasteiger partial charge in [0.15, 0.2) is 11.5 Å². The summed E-state index contributed by atoms with van der Waals surface area (Å²) in [4.78, 5) is 23.8. The lowest BCUT2D eigenvalue weighted by molar-refractivity contribution is -0.124. The van der Waals surface area contributed by atoms with Crippen LogP contribution in [0.25, 0.3) is 0 Å². The summed E-state index contributed by atoms with van der Waals surface area (Å²) < 4.78 is 11.0. The maximum absolute atomic E-state index is 11.9. The number of aryl methyl sites for hydroxylation is 1. The molecule has 0 saturated carbocycles. The maximum Gasteiger partial charge on any atom is 0.240 e. The second kappa shape index (κ2) is 11.9. The molecule has 0 aliphatic carbocycles. The van der Waals surface area contributed by atoms with Crippen LogP contribution < -0.4 is 20.2 Å². The number of benzene rings is 2.